The Morgan fingerprint density at radius 3 is 2.85 bits per heavy atom. The number of nitrogens with one attached hydrogen (secondary N) is 1. The highest BCUT2D eigenvalue weighted by Crippen LogP contribution is 2.05. The maximum atomic E-state index is 11.9. The number of rotatable bonds is 8. The Hall–Kier alpha value is -2.02. The van der Waals surface area contributed by atoms with E-state index in [0.29, 0.717) is 25.2 Å². The van der Waals surface area contributed by atoms with Crippen LogP contribution in [0.15, 0.2) is 22.8 Å². The number of hydrogen-bond acceptors (Lipinski definition) is 4. The molecule has 0 aromatic carbocycles. The van der Waals surface area contributed by atoms with Crippen LogP contribution in [0.5, 0.6) is 0 Å². The van der Waals surface area contributed by atoms with Crippen LogP contribution in [0.25, 0.3) is 0 Å². The van der Waals surface area contributed by atoms with E-state index < -0.39 is 18.0 Å². The summed E-state index contributed by atoms with van der Waals surface area (Å²) in [5.74, 6) is -0.422. The summed E-state index contributed by atoms with van der Waals surface area (Å²) < 4.78 is 10.00. The molecular weight excluding hydrogens is 264 g/mol. The van der Waals surface area contributed by atoms with Crippen molar-refractivity contribution in [2.24, 2.45) is 0 Å². The molecule has 0 aliphatic carbocycles. The van der Waals surface area contributed by atoms with Crippen LogP contribution in [-0.4, -0.2) is 48.8 Å². The highest BCUT2D eigenvalue weighted by atomic mass is 16.5. The van der Waals surface area contributed by atoms with Crippen LogP contribution in [0.3, 0.4) is 0 Å². The number of carbonyl (C=O) groups is 2. The number of carboxylic acid groups (broad SMARTS) is 1. The first-order chi connectivity index (χ1) is 9.54. The fourth-order valence-corrected chi connectivity index (χ4v) is 1.66. The zero-order valence-electron chi connectivity index (χ0n) is 11.7. The first-order valence-electron chi connectivity index (χ1n) is 6.30. The number of furan rings is 1. The van der Waals surface area contributed by atoms with Gasteiger partial charge in [0.25, 0.3) is 0 Å². The van der Waals surface area contributed by atoms with Gasteiger partial charge in [0.15, 0.2) is 0 Å². The van der Waals surface area contributed by atoms with E-state index in [4.69, 9.17) is 14.3 Å². The molecule has 0 saturated carbocycles. The van der Waals surface area contributed by atoms with Gasteiger partial charge in [0.1, 0.15) is 11.8 Å². The quantitative estimate of drug-likeness (QED) is 0.702. The molecule has 1 aromatic rings. The zero-order valence-corrected chi connectivity index (χ0v) is 11.7. The van der Waals surface area contributed by atoms with Gasteiger partial charge in [-0.25, -0.2) is 9.59 Å². The number of hydrogen-bond donors (Lipinski definition) is 2. The minimum Gasteiger partial charge on any atom is -0.480 e. The average Bonchev–Trinajstić information content (AvgIpc) is 2.90. The van der Waals surface area contributed by atoms with Crippen LogP contribution in [-0.2, 0) is 16.1 Å². The SMILES string of the molecule is COCCCC(NC(=O)N(C)Cc1ccco1)C(=O)O. The van der Waals surface area contributed by atoms with E-state index in [1.165, 1.54) is 11.2 Å². The van der Waals surface area contributed by atoms with Crippen molar-refractivity contribution in [1.29, 1.82) is 0 Å². The standard InChI is InChI=1S/C13H20N2O5/c1-15(9-10-5-3-8-20-10)13(18)14-11(12(16)17)6-4-7-19-2/h3,5,8,11H,4,6-7,9H2,1-2H3,(H,14,18)(H,16,17). The fraction of sp³-hybridized carbons (Fsp3) is 0.538. The van der Waals surface area contributed by atoms with E-state index in [9.17, 15) is 9.59 Å². The molecule has 20 heavy (non-hydrogen) atoms. The third kappa shape index (κ3) is 5.31. The number of methoxy groups -OCH3 is 1. The van der Waals surface area contributed by atoms with Gasteiger partial charge in [0.05, 0.1) is 12.8 Å². The Kier molecular flexibility index (Phi) is 6.58. The van der Waals surface area contributed by atoms with E-state index in [1.54, 1.807) is 26.3 Å². The lowest BCUT2D eigenvalue weighted by molar-refractivity contribution is -0.139. The second kappa shape index (κ2) is 8.21. The highest BCUT2D eigenvalue weighted by molar-refractivity contribution is 5.82. The molecule has 0 spiro atoms. The summed E-state index contributed by atoms with van der Waals surface area (Å²) in [5.41, 5.74) is 0. The second-order valence-corrected chi connectivity index (χ2v) is 4.41. The van der Waals surface area contributed by atoms with Gasteiger partial charge in [0.2, 0.25) is 0 Å². The minimum atomic E-state index is -1.05. The molecule has 112 valence electrons. The van der Waals surface area contributed by atoms with Crippen molar-refractivity contribution >= 4 is 12.0 Å². The van der Waals surface area contributed by atoms with Crippen LogP contribution in [0.1, 0.15) is 18.6 Å². The van der Waals surface area contributed by atoms with Gasteiger partial charge in [0, 0.05) is 20.8 Å². The van der Waals surface area contributed by atoms with Crippen molar-refractivity contribution in [2.45, 2.75) is 25.4 Å². The van der Waals surface area contributed by atoms with E-state index >= 15 is 0 Å². The molecule has 0 saturated heterocycles. The van der Waals surface area contributed by atoms with Crippen molar-refractivity contribution < 1.29 is 23.8 Å². The van der Waals surface area contributed by atoms with Gasteiger partial charge in [-0.1, -0.05) is 0 Å². The summed E-state index contributed by atoms with van der Waals surface area (Å²) in [6.07, 6.45) is 2.41. The molecule has 0 aliphatic heterocycles. The van der Waals surface area contributed by atoms with Crippen molar-refractivity contribution in [1.82, 2.24) is 10.2 Å². The van der Waals surface area contributed by atoms with E-state index in [0.717, 1.165) is 0 Å². The van der Waals surface area contributed by atoms with Gasteiger partial charge in [-0.2, -0.15) is 0 Å². The molecule has 7 heteroatoms. The molecule has 1 atom stereocenters. The summed E-state index contributed by atoms with van der Waals surface area (Å²) in [5, 5.41) is 11.5. The van der Waals surface area contributed by atoms with Crippen LogP contribution >= 0.6 is 0 Å². The summed E-state index contributed by atoms with van der Waals surface area (Å²) in [6, 6.07) is 2.10. The number of carbonyl (C=O) groups excluding carboxylic acids is 1. The molecule has 1 unspecified atom stereocenters. The highest BCUT2D eigenvalue weighted by Gasteiger charge is 2.21. The van der Waals surface area contributed by atoms with E-state index in [1.807, 2.05) is 0 Å². The first kappa shape index (κ1) is 16.0. The smallest absolute Gasteiger partial charge is 0.326 e. The molecule has 0 aliphatic rings. The molecule has 1 heterocycles. The van der Waals surface area contributed by atoms with E-state index in [2.05, 4.69) is 5.32 Å². The third-order valence-electron chi connectivity index (χ3n) is 2.76. The lowest BCUT2D eigenvalue weighted by Crippen LogP contribution is -2.46. The lowest BCUT2D eigenvalue weighted by atomic mass is 10.1. The molecule has 2 N–H and O–H groups in total. The van der Waals surface area contributed by atoms with Crippen LogP contribution in [0, 0.1) is 0 Å². The number of ether oxygens (including phenoxy) is 1. The predicted molar refractivity (Wildman–Crippen MR) is 71.2 cm³/mol. The monoisotopic (exact) mass is 284 g/mol. The molecule has 0 fully saturated rings. The number of amides is 2. The Morgan fingerprint density at radius 1 is 1.55 bits per heavy atom. The third-order valence-corrected chi connectivity index (χ3v) is 2.76. The molecule has 2 amide bonds. The van der Waals surface area contributed by atoms with E-state index in [-0.39, 0.29) is 6.54 Å². The first-order valence-corrected chi connectivity index (χ1v) is 6.30. The topological polar surface area (TPSA) is 92.0 Å². The van der Waals surface area contributed by atoms with Crippen LogP contribution in [0.2, 0.25) is 0 Å². The van der Waals surface area contributed by atoms with Gasteiger partial charge in [-0.3, -0.25) is 0 Å². The van der Waals surface area contributed by atoms with Crippen molar-refractivity contribution in [3.05, 3.63) is 24.2 Å². The Morgan fingerprint density at radius 2 is 2.30 bits per heavy atom. The Bertz CT molecular complexity index is 418. The molecular formula is C13H20N2O5. The van der Waals surface area contributed by atoms with Crippen LogP contribution < -0.4 is 5.32 Å². The summed E-state index contributed by atoms with van der Waals surface area (Å²) in [7, 11) is 3.12. The zero-order chi connectivity index (χ0) is 15.0. The lowest BCUT2D eigenvalue weighted by Gasteiger charge is -2.20. The van der Waals surface area contributed by atoms with Crippen molar-refractivity contribution in [2.75, 3.05) is 20.8 Å². The number of aliphatic carboxylic acids is 1. The summed E-state index contributed by atoms with van der Waals surface area (Å²) in [6.45, 7) is 0.741. The van der Waals surface area contributed by atoms with Crippen molar-refractivity contribution in [3.63, 3.8) is 0 Å². The minimum absolute atomic E-state index is 0.281. The van der Waals surface area contributed by atoms with Gasteiger partial charge >= 0.3 is 12.0 Å². The fourth-order valence-electron chi connectivity index (χ4n) is 1.66. The van der Waals surface area contributed by atoms with Gasteiger partial charge < -0.3 is 24.5 Å². The molecule has 7 nitrogen and oxygen atoms in total. The molecule has 1 aromatic heterocycles. The van der Waals surface area contributed by atoms with Crippen LogP contribution in [0.4, 0.5) is 4.79 Å². The second-order valence-electron chi connectivity index (χ2n) is 4.41. The normalized spacial score (nSPS) is 11.9. The molecule has 1 rings (SSSR count). The summed E-state index contributed by atoms with van der Waals surface area (Å²) in [4.78, 5) is 24.3. The summed E-state index contributed by atoms with van der Waals surface area (Å²) >= 11 is 0. The molecule has 0 radical (unpaired) electrons. The number of carboxylic acids is 1. The number of nitrogens with zero attached hydrogens (tertiary/aromatic N) is 1. The maximum absolute atomic E-state index is 11.9. The van der Waals surface area contributed by atoms with Gasteiger partial charge in [-0.15, -0.1) is 0 Å². The van der Waals surface area contributed by atoms with Gasteiger partial charge in [-0.05, 0) is 25.0 Å². The predicted octanol–water partition coefficient (Wildman–Crippen LogP) is 1.30. The maximum Gasteiger partial charge on any atom is 0.326 e. The Labute approximate surface area is 117 Å². The largest absolute Gasteiger partial charge is 0.480 e. The Balaban J connectivity index is 2.45. The van der Waals surface area contributed by atoms with Crippen molar-refractivity contribution in [3.8, 4) is 0 Å². The number of urea groups is 1. The average molecular weight is 284 g/mol. The molecule has 0 bridgehead atoms.